The summed E-state index contributed by atoms with van der Waals surface area (Å²) in [5.74, 6) is -0.850. The van der Waals surface area contributed by atoms with Crippen LogP contribution >= 0.6 is 0 Å². The summed E-state index contributed by atoms with van der Waals surface area (Å²) < 4.78 is 4.51. The lowest BCUT2D eigenvalue weighted by atomic mass is 10.2. The molecular formula is C38H61N5O4. The van der Waals surface area contributed by atoms with Crippen LogP contribution in [-0.2, 0) is 19.1 Å². The molecule has 9 nitrogen and oxygen atoms in total. The predicted molar refractivity (Wildman–Crippen MR) is 195 cm³/mol. The Morgan fingerprint density at radius 1 is 0.723 bits per heavy atom. The van der Waals surface area contributed by atoms with E-state index in [-0.39, 0.29) is 11.8 Å². The smallest absolute Gasteiger partial charge is 0.330 e. The molecule has 0 atom stereocenters. The van der Waals surface area contributed by atoms with Gasteiger partial charge in [0, 0.05) is 70.9 Å². The summed E-state index contributed by atoms with van der Waals surface area (Å²) in [6.45, 7) is 10.6. The normalized spacial score (nSPS) is 14.8. The molecule has 0 spiro atoms. The van der Waals surface area contributed by atoms with E-state index in [1.54, 1.807) is 0 Å². The maximum absolute atomic E-state index is 12.4. The average molecular weight is 652 g/mol. The molecule has 1 aliphatic rings. The van der Waals surface area contributed by atoms with Crippen molar-refractivity contribution in [3.05, 3.63) is 85.1 Å². The molecule has 0 aromatic carbocycles. The quantitative estimate of drug-likeness (QED) is 0.0686. The van der Waals surface area contributed by atoms with E-state index in [1.165, 1.54) is 13.2 Å². The Kier molecular flexibility index (Phi) is 27.4. The van der Waals surface area contributed by atoms with E-state index in [4.69, 9.17) is 0 Å². The number of esters is 1. The third-order valence-corrected chi connectivity index (χ3v) is 7.34. The van der Waals surface area contributed by atoms with Gasteiger partial charge in [-0.2, -0.15) is 0 Å². The lowest BCUT2D eigenvalue weighted by Gasteiger charge is -2.29. The van der Waals surface area contributed by atoms with Crippen LogP contribution in [0.2, 0.25) is 0 Å². The number of hydrogen-bond donors (Lipinski definition) is 3. The maximum Gasteiger partial charge on any atom is 0.330 e. The number of ether oxygens (including phenoxy) is 1. The highest BCUT2D eigenvalue weighted by Gasteiger charge is 2.11. The standard InChI is InChI=1S/C38H61N5O4/c1-3-4-5-6-7-8-9-10-11-12-13-14-15-16-17-18-19-20-21-23-36(44)40-28-34-43(31-22-30-42-32-26-39-27-33-42)35-29-41-37(45)24-25-38(46)47-2/h4-5,7-8,10-11,13-14,16-17,19-20,24-25,39H,3,6,9,12,15,18,21-23,26-35H2,1-2H3,(H,40,44)(H,41,45)/b5-4-,8-7-,11-10-,14-13-,17-16-,20-19-,25-24+. The van der Waals surface area contributed by atoms with Crippen LogP contribution in [0.5, 0.6) is 0 Å². The van der Waals surface area contributed by atoms with Gasteiger partial charge in [-0.15, -0.1) is 0 Å². The monoisotopic (exact) mass is 651 g/mol. The molecule has 1 rings (SSSR count). The Morgan fingerprint density at radius 2 is 1.26 bits per heavy atom. The summed E-state index contributed by atoms with van der Waals surface area (Å²) in [6, 6.07) is 0. The molecule has 9 heteroatoms. The van der Waals surface area contributed by atoms with Crippen molar-refractivity contribution in [2.45, 2.75) is 64.7 Å². The van der Waals surface area contributed by atoms with Crippen LogP contribution in [0, 0.1) is 0 Å². The fourth-order valence-corrected chi connectivity index (χ4v) is 4.69. The minimum absolute atomic E-state index is 0.0477. The molecule has 0 aromatic rings. The van der Waals surface area contributed by atoms with Crippen LogP contribution in [0.25, 0.3) is 0 Å². The lowest BCUT2D eigenvalue weighted by Crippen LogP contribution is -2.45. The van der Waals surface area contributed by atoms with E-state index in [2.05, 4.69) is 110 Å². The number of piperazine rings is 1. The van der Waals surface area contributed by atoms with Crippen LogP contribution in [-0.4, -0.2) is 100 Å². The molecule has 0 saturated carbocycles. The lowest BCUT2D eigenvalue weighted by molar-refractivity contribution is -0.135. The van der Waals surface area contributed by atoms with E-state index in [0.717, 1.165) is 96.7 Å². The molecule has 0 bridgehead atoms. The molecule has 1 aliphatic heterocycles. The van der Waals surface area contributed by atoms with Crippen molar-refractivity contribution in [2.24, 2.45) is 0 Å². The van der Waals surface area contributed by atoms with Crippen LogP contribution < -0.4 is 16.0 Å². The zero-order chi connectivity index (χ0) is 34.0. The molecule has 1 saturated heterocycles. The van der Waals surface area contributed by atoms with Gasteiger partial charge in [0.25, 0.3) is 0 Å². The van der Waals surface area contributed by atoms with E-state index in [9.17, 15) is 14.4 Å². The molecule has 47 heavy (non-hydrogen) atoms. The Balaban J connectivity index is 2.21. The summed E-state index contributed by atoms with van der Waals surface area (Å²) in [5, 5.41) is 9.22. The number of nitrogens with one attached hydrogen (secondary N) is 3. The predicted octanol–water partition coefficient (Wildman–Crippen LogP) is 5.02. The van der Waals surface area contributed by atoms with Gasteiger partial charge < -0.3 is 25.6 Å². The van der Waals surface area contributed by atoms with Crippen molar-refractivity contribution in [3.63, 3.8) is 0 Å². The van der Waals surface area contributed by atoms with Crippen molar-refractivity contribution in [3.8, 4) is 0 Å². The Bertz CT molecular complexity index is 1040. The van der Waals surface area contributed by atoms with E-state index >= 15 is 0 Å². The van der Waals surface area contributed by atoms with E-state index < -0.39 is 5.97 Å². The number of rotatable bonds is 26. The van der Waals surface area contributed by atoms with E-state index in [1.807, 2.05) is 0 Å². The highest BCUT2D eigenvalue weighted by molar-refractivity contribution is 5.94. The number of carbonyl (C=O) groups is 3. The molecule has 0 unspecified atom stereocenters. The van der Waals surface area contributed by atoms with Gasteiger partial charge in [-0.3, -0.25) is 14.5 Å². The molecule has 1 fully saturated rings. The fourth-order valence-electron chi connectivity index (χ4n) is 4.69. The molecule has 262 valence electrons. The second kappa shape index (κ2) is 31.1. The van der Waals surface area contributed by atoms with Gasteiger partial charge in [0.1, 0.15) is 0 Å². The topological polar surface area (TPSA) is 103 Å². The van der Waals surface area contributed by atoms with Crippen LogP contribution in [0.1, 0.15) is 64.7 Å². The van der Waals surface area contributed by atoms with Gasteiger partial charge in [0.05, 0.1) is 7.11 Å². The minimum atomic E-state index is -0.564. The summed E-state index contributed by atoms with van der Waals surface area (Å²) >= 11 is 0. The third-order valence-electron chi connectivity index (χ3n) is 7.34. The minimum Gasteiger partial charge on any atom is -0.466 e. The van der Waals surface area contributed by atoms with Gasteiger partial charge in [0.15, 0.2) is 0 Å². The van der Waals surface area contributed by atoms with Gasteiger partial charge in [-0.25, -0.2) is 4.79 Å². The molecule has 0 aromatic heterocycles. The van der Waals surface area contributed by atoms with Crippen molar-refractivity contribution in [1.29, 1.82) is 0 Å². The SMILES string of the molecule is CC/C=C\C/C=C\C/C=C\C/C=C\C/C=C\C/C=C\CCC(=O)NCCN(CCCN1CCNCC1)CCNC(=O)/C=C/C(=O)OC. The number of hydrogen-bond acceptors (Lipinski definition) is 7. The van der Waals surface area contributed by atoms with Gasteiger partial charge in [-0.05, 0) is 64.5 Å². The zero-order valence-electron chi connectivity index (χ0n) is 29.0. The molecule has 0 aliphatic carbocycles. The van der Waals surface area contributed by atoms with E-state index in [0.29, 0.717) is 32.6 Å². The van der Waals surface area contributed by atoms with Crippen molar-refractivity contribution < 1.29 is 19.1 Å². The first kappa shape index (κ1) is 41.5. The van der Waals surface area contributed by atoms with Crippen LogP contribution in [0.3, 0.4) is 0 Å². The van der Waals surface area contributed by atoms with Crippen molar-refractivity contribution in [2.75, 3.05) is 72.6 Å². The number of carbonyl (C=O) groups excluding carboxylic acids is 3. The van der Waals surface area contributed by atoms with Gasteiger partial charge in [-0.1, -0.05) is 79.8 Å². The first-order valence-electron chi connectivity index (χ1n) is 17.4. The van der Waals surface area contributed by atoms with Gasteiger partial charge in [0.2, 0.25) is 11.8 Å². The number of allylic oxidation sites excluding steroid dienone is 12. The molecular weight excluding hydrogens is 590 g/mol. The Morgan fingerprint density at radius 3 is 1.81 bits per heavy atom. The second-order valence-electron chi connectivity index (χ2n) is 11.2. The highest BCUT2D eigenvalue weighted by atomic mass is 16.5. The summed E-state index contributed by atoms with van der Waals surface area (Å²) in [6.07, 6.45) is 36.5. The molecule has 0 radical (unpaired) electrons. The maximum atomic E-state index is 12.4. The molecule has 3 N–H and O–H groups in total. The Labute approximate surface area is 284 Å². The van der Waals surface area contributed by atoms with Crippen molar-refractivity contribution in [1.82, 2.24) is 25.8 Å². The molecule has 2 amide bonds. The van der Waals surface area contributed by atoms with Crippen LogP contribution in [0.4, 0.5) is 0 Å². The molecule has 1 heterocycles. The van der Waals surface area contributed by atoms with Crippen molar-refractivity contribution >= 4 is 17.8 Å². The second-order valence-corrected chi connectivity index (χ2v) is 11.2. The van der Waals surface area contributed by atoms with Gasteiger partial charge >= 0.3 is 5.97 Å². The fraction of sp³-hybridized carbons (Fsp3) is 0.553. The number of amides is 2. The summed E-state index contributed by atoms with van der Waals surface area (Å²) in [7, 11) is 1.27. The summed E-state index contributed by atoms with van der Waals surface area (Å²) in [4.78, 5) is 40.3. The first-order chi connectivity index (χ1) is 23.0. The zero-order valence-corrected chi connectivity index (χ0v) is 29.0. The first-order valence-corrected chi connectivity index (χ1v) is 17.4. The highest BCUT2D eigenvalue weighted by Crippen LogP contribution is 2.00. The average Bonchev–Trinajstić information content (AvgIpc) is 3.08. The third kappa shape index (κ3) is 27.3. The number of nitrogens with zero attached hydrogens (tertiary/aromatic N) is 2. The summed E-state index contributed by atoms with van der Waals surface area (Å²) in [5.41, 5.74) is 0. The Hall–Kier alpha value is -3.53. The van der Waals surface area contributed by atoms with Crippen LogP contribution in [0.15, 0.2) is 85.1 Å². The number of methoxy groups -OCH3 is 1. The largest absolute Gasteiger partial charge is 0.466 e.